The Morgan fingerprint density at radius 1 is 1.42 bits per heavy atom. The van der Waals surface area contributed by atoms with Gasteiger partial charge in [0.15, 0.2) is 11.5 Å². The van der Waals surface area contributed by atoms with Crippen molar-refractivity contribution in [3.63, 3.8) is 0 Å². The number of aromatic nitrogens is 3. The van der Waals surface area contributed by atoms with E-state index >= 15 is 0 Å². The Morgan fingerprint density at radius 2 is 2.26 bits per heavy atom. The van der Waals surface area contributed by atoms with Gasteiger partial charge < -0.3 is 0 Å². The van der Waals surface area contributed by atoms with Crippen LogP contribution in [0.2, 0.25) is 0 Å². The highest BCUT2D eigenvalue weighted by Gasteiger charge is 2.31. The van der Waals surface area contributed by atoms with E-state index in [0.717, 1.165) is 30.7 Å². The fraction of sp³-hybridized carbons (Fsp3) is 0.500. The van der Waals surface area contributed by atoms with Crippen LogP contribution in [0.4, 0.5) is 0 Å². The third-order valence-electron chi connectivity index (χ3n) is 3.85. The minimum Gasteiger partial charge on any atom is -0.298 e. The van der Waals surface area contributed by atoms with E-state index in [1.54, 1.807) is 6.07 Å². The molecule has 100 valence electrons. The molecule has 0 aliphatic carbocycles. The van der Waals surface area contributed by atoms with Crippen molar-refractivity contribution in [1.82, 2.24) is 19.5 Å². The fourth-order valence-electron chi connectivity index (χ4n) is 2.91. The number of carbonyl (C=O) groups is 1. The molecule has 1 unspecified atom stereocenters. The van der Waals surface area contributed by atoms with Crippen LogP contribution >= 0.6 is 0 Å². The summed E-state index contributed by atoms with van der Waals surface area (Å²) >= 11 is 0. The van der Waals surface area contributed by atoms with E-state index in [2.05, 4.69) is 28.9 Å². The predicted octanol–water partition coefficient (Wildman–Crippen LogP) is 2.09. The van der Waals surface area contributed by atoms with Gasteiger partial charge in [0.05, 0.1) is 6.04 Å². The van der Waals surface area contributed by atoms with Gasteiger partial charge in [0.2, 0.25) is 0 Å². The zero-order valence-electron chi connectivity index (χ0n) is 11.3. The lowest BCUT2D eigenvalue weighted by Gasteiger charge is -2.26. The second-order valence-corrected chi connectivity index (χ2v) is 5.35. The van der Waals surface area contributed by atoms with Gasteiger partial charge in [-0.1, -0.05) is 0 Å². The molecule has 2 aromatic rings. The Balaban J connectivity index is 2.03. The summed E-state index contributed by atoms with van der Waals surface area (Å²) in [7, 11) is 0. The molecule has 1 aliphatic rings. The first-order valence-electron chi connectivity index (χ1n) is 6.76. The Bertz CT molecular complexity index is 605. The molecule has 2 aromatic heterocycles. The van der Waals surface area contributed by atoms with E-state index < -0.39 is 0 Å². The SMILES string of the molecule is CC(C)N1CCCC1c1nnc2cc(C=O)ccn12. The molecule has 1 fully saturated rings. The number of likely N-dealkylation sites (tertiary alicyclic amines) is 1. The van der Waals surface area contributed by atoms with Crippen molar-refractivity contribution >= 4 is 11.9 Å². The van der Waals surface area contributed by atoms with Gasteiger partial charge in [0.25, 0.3) is 0 Å². The lowest BCUT2D eigenvalue weighted by Crippen LogP contribution is -2.31. The minimum atomic E-state index is 0.331. The fourth-order valence-corrected chi connectivity index (χ4v) is 2.91. The van der Waals surface area contributed by atoms with Crippen molar-refractivity contribution in [2.45, 2.75) is 38.8 Å². The molecule has 0 bridgehead atoms. The molecular weight excluding hydrogens is 240 g/mol. The molecule has 5 nitrogen and oxygen atoms in total. The first-order chi connectivity index (χ1) is 9.20. The lowest BCUT2D eigenvalue weighted by molar-refractivity contribution is 0.112. The quantitative estimate of drug-likeness (QED) is 0.791. The summed E-state index contributed by atoms with van der Waals surface area (Å²) in [6.45, 7) is 5.54. The molecule has 1 saturated heterocycles. The third kappa shape index (κ3) is 2.04. The van der Waals surface area contributed by atoms with Gasteiger partial charge in [-0.3, -0.25) is 14.1 Å². The Hall–Kier alpha value is -1.75. The summed E-state index contributed by atoms with van der Waals surface area (Å²) in [5.74, 6) is 0.985. The van der Waals surface area contributed by atoms with Gasteiger partial charge >= 0.3 is 0 Å². The molecule has 3 heterocycles. The van der Waals surface area contributed by atoms with Crippen LogP contribution in [0.15, 0.2) is 18.3 Å². The van der Waals surface area contributed by atoms with Crippen molar-refractivity contribution in [3.8, 4) is 0 Å². The molecular formula is C14H18N4O. The molecule has 1 atom stereocenters. The Morgan fingerprint density at radius 3 is 3.00 bits per heavy atom. The van der Waals surface area contributed by atoms with E-state index in [1.165, 1.54) is 6.42 Å². The summed E-state index contributed by atoms with van der Waals surface area (Å²) in [4.78, 5) is 13.3. The zero-order valence-corrected chi connectivity index (χ0v) is 11.3. The number of hydrogen-bond donors (Lipinski definition) is 0. The van der Waals surface area contributed by atoms with Crippen LogP contribution in [0.3, 0.4) is 0 Å². The molecule has 1 aliphatic heterocycles. The first-order valence-corrected chi connectivity index (χ1v) is 6.76. The lowest BCUT2D eigenvalue weighted by atomic mass is 10.2. The van der Waals surface area contributed by atoms with Crippen molar-refractivity contribution in [2.75, 3.05) is 6.54 Å². The van der Waals surface area contributed by atoms with Gasteiger partial charge in [-0.15, -0.1) is 10.2 Å². The summed E-state index contributed by atoms with van der Waals surface area (Å²) in [6.07, 6.45) is 5.05. The number of pyridine rings is 1. The summed E-state index contributed by atoms with van der Waals surface area (Å²) in [6, 6.07) is 4.42. The normalized spacial score (nSPS) is 20.5. The molecule has 0 spiro atoms. The maximum Gasteiger partial charge on any atom is 0.161 e. The standard InChI is InChI=1S/C14H18N4O/c1-10(2)17-6-3-4-12(17)14-16-15-13-8-11(9-19)5-7-18(13)14/h5,7-10,12H,3-4,6H2,1-2H3. The number of hydrogen-bond acceptors (Lipinski definition) is 4. The number of nitrogens with zero attached hydrogens (tertiary/aromatic N) is 4. The highest BCUT2D eigenvalue weighted by Crippen LogP contribution is 2.32. The van der Waals surface area contributed by atoms with Crippen LogP contribution < -0.4 is 0 Å². The van der Waals surface area contributed by atoms with Crippen LogP contribution in [0.5, 0.6) is 0 Å². The van der Waals surface area contributed by atoms with Crippen molar-refractivity contribution < 1.29 is 4.79 Å². The van der Waals surface area contributed by atoms with Crippen LogP contribution in [-0.2, 0) is 0 Å². The van der Waals surface area contributed by atoms with E-state index in [9.17, 15) is 4.79 Å². The maximum absolute atomic E-state index is 10.8. The second-order valence-electron chi connectivity index (χ2n) is 5.35. The van der Waals surface area contributed by atoms with Crippen LogP contribution in [0.1, 0.15) is 48.9 Å². The molecule has 5 heteroatoms. The smallest absolute Gasteiger partial charge is 0.161 e. The molecule has 0 radical (unpaired) electrons. The van der Waals surface area contributed by atoms with Crippen molar-refractivity contribution in [2.24, 2.45) is 0 Å². The van der Waals surface area contributed by atoms with Gasteiger partial charge in [0.1, 0.15) is 6.29 Å². The number of aldehydes is 1. The third-order valence-corrected chi connectivity index (χ3v) is 3.85. The summed E-state index contributed by atoms with van der Waals surface area (Å²) < 4.78 is 2.00. The van der Waals surface area contributed by atoms with Crippen molar-refractivity contribution in [1.29, 1.82) is 0 Å². The molecule has 3 rings (SSSR count). The number of rotatable bonds is 3. The highest BCUT2D eigenvalue weighted by molar-refractivity contribution is 5.76. The Kier molecular flexibility index (Phi) is 3.06. The average molecular weight is 258 g/mol. The number of fused-ring (bicyclic) bond motifs is 1. The average Bonchev–Trinajstić information content (AvgIpc) is 3.03. The van der Waals surface area contributed by atoms with E-state index in [4.69, 9.17) is 0 Å². The van der Waals surface area contributed by atoms with E-state index in [-0.39, 0.29) is 0 Å². The molecule has 0 N–H and O–H groups in total. The monoisotopic (exact) mass is 258 g/mol. The highest BCUT2D eigenvalue weighted by atomic mass is 16.1. The zero-order chi connectivity index (χ0) is 13.4. The Labute approximate surface area is 112 Å². The van der Waals surface area contributed by atoms with E-state index in [1.807, 2.05) is 16.7 Å². The van der Waals surface area contributed by atoms with Crippen LogP contribution in [0, 0.1) is 0 Å². The van der Waals surface area contributed by atoms with Gasteiger partial charge in [0, 0.05) is 17.8 Å². The molecule has 0 saturated carbocycles. The largest absolute Gasteiger partial charge is 0.298 e. The maximum atomic E-state index is 10.8. The predicted molar refractivity (Wildman–Crippen MR) is 72.2 cm³/mol. The van der Waals surface area contributed by atoms with Gasteiger partial charge in [-0.2, -0.15) is 0 Å². The molecule has 0 aromatic carbocycles. The second kappa shape index (κ2) is 4.74. The number of carbonyl (C=O) groups excluding carboxylic acids is 1. The topological polar surface area (TPSA) is 50.5 Å². The van der Waals surface area contributed by atoms with Gasteiger partial charge in [-0.05, 0) is 45.4 Å². The summed E-state index contributed by atoms with van der Waals surface area (Å²) in [5, 5.41) is 8.53. The van der Waals surface area contributed by atoms with Crippen LogP contribution in [-0.4, -0.2) is 38.4 Å². The minimum absolute atomic E-state index is 0.331. The summed E-state index contributed by atoms with van der Waals surface area (Å²) in [5.41, 5.74) is 1.38. The van der Waals surface area contributed by atoms with Gasteiger partial charge in [-0.25, -0.2) is 0 Å². The van der Waals surface area contributed by atoms with Crippen LogP contribution in [0.25, 0.3) is 5.65 Å². The van der Waals surface area contributed by atoms with E-state index in [0.29, 0.717) is 17.6 Å². The molecule has 0 amide bonds. The van der Waals surface area contributed by atoms with Crippen molar-refractivity contribution in [3.05, 3.63) is 29.7 Å². The molecule has 19 heavy (non-hydrogen) atoms. The first kappa shape index (κ1) is 12.3.